The Bertz CT molecular complexity index is 801. The molecule has 1 fully saturated rings. The summed E-state index contributed by atoms with van der Waals surface area (Å²) in [5.74, 6) is 2.28. The Morgan fingerprint density at radius 3 is 2.43 bits per heavy atom. The highest BCUT2D eigenvalue weighted by molar-refractivity contribution is 5.94. The molecule has 0 unspecified atom stereocenters. The lowest BCUT2D eigenvalue weighted by Gasteiger charge is -2.35. The number of amides is 1. The molecule has 1 aliphatic heterocycles. The highest BCUT2D eigenvalue weighted by Gasteiger charge is 2.22. The molecule has 0 atom stereocenters. The van der Waals surface area contributed by atoms with Crippen molar-refractivity contribution < 1.29 is 19.0 Å². The minimum atomic E-state index is 0.0571. The zero-order valence-corrected chi connectivity index (χ0v) is 16.8. The van der Waals surface area contributed by atoms with Gasteiger partial charge in [-0.25, -0.2) is 0 Å². The van der Waals surface area contributed by atoms with Crippen LogP contribution >= 0.6 is 0 Å². The molecule has 1 heterocycles. The van der Waals surface area contributed by atoms with Gasteiger partial charge in [-0.2, -0.15) is 0 Å². The minimum absolute atomic E-state index is 0.0571. The largest absolute Gasteiger partial charge is 0.497 e. The van der Waals surface area contributed by atoms with Crippen molar-refractivity contribution in [3.63, 3.8) is 0 Å². The van der Waals surface area contributed by atoms with Crippen LogP contribution in [0.25, 0.3) is 0 Å². The van der Waals surface area contributed by atoms with Crippen molar-refractivity contribution in [1.29, 1.82) is 0 Å². The zero-order valence-electron chi connectivity index (χ0n) is 16.8. The second kappa shape index (κ2) is 9.46. The van der Waals surface area contributed by atoms with E-state index in [9.17, 15) is 4.79 Å². The average molecular weight is 384 g/mol. The quantitative estimate of drug-likeness (QED) is 0.734. The normalized spacial score (nSPS) is 14.6. The van der Waals surface area contributed by atoms with Crippen molar-refractivity contribution in [3.8, 4) is 17.2 Å². The number of methoxy groups -OCH3 is 2. The van der Waals surface area contributed by atoms with Crippen LogP contribution in [0, 0.1) is 0 Å². The molecule has 6 heteroatoms. The van der Waals surface area contributed by atoms with Gasteiger partial charge in [-0.3, -0.25) is 9.69 Å². The SMILES string of the molecule is CCOc1cc(CN2CCN(C(=O)c3cccc(OC)c3)CC2)ccc1OC. The molecule has 1 saturated heterocycles. The number of benzene rings is 2. The summed E-state index contributed by atoms with van der Waals surface area (Å²) in [6.45, 7) is 6.49. The summed E-state index contributed by atoms with van der Waals surface area (Å²) < 4.78 is 16.2. The Morgan fingerprint density at radius 1 is 0.964 bits per heavy atom. The van der Waals surface area contributed by atoms with Crippen molar-refractivity contribution in [2.75, 3.05) is 47.0 Å². The van der Waals surface area contributed by atoms with Gasteiger partial charge in [0.1, 0.15) is 5.75 Å². The van der Waals surface area contributed by atoms with Crippen LogP contribution in [0.3, 0.4) is 0 Å². The van der Waals surface area contributed by atoms with Crippen molar-refractivity contribution >= 4 is 5.91 Å². The molecule has 2 aromatic rings. The summed E-state index contributed by atoms with van der Waals surface area (Å²) in [5, 5.41) is 0. The van der Waals surface area contributed by atoms with E-state index in [2.05, 4.69) is 11.0 Å². The van der Waals surface area contributed by atoms with E-state index in [0.717, 1.165) is 31.1 Å². The van der Waals surface area contributed by atoms with E-state index in [1.54, 1.807) is 20.3 Å². The van der Waals surface area contributed by atoms with E-state index in [4.69, 9.17) is 14.2 Å². The molecule has 0 saturated carbocycles. The maximum absolute atomic E-state index is 12.7. The molecule has 1 aliphatic rings. The first-order chi connectivity index (χ1) is 13.6. The van der Waals surface area contributed by atoms with Gasteiger partial charge in [-0.15, -0.1) is 0 Å². The lowest BCUT2D eigenvalue weighted by Crippen LogP contribution is -2.48. The predicted octanol–water partition coefficient (Wildman–Crippen LogP) is 3.06. The van der Waals surface area contributed by atoms with Crippen LogP contribution in [0.4, 0.5) is 0 Å². The fourth-order valence-corrected chi connectivity index (χ4v) is 3.39. The molecule has 150 valence electrons. The van der Waals surface area contributed by atoms with Gasteiger partial charge in [0.2, 0.25) is 0 Å². The number of carbonyl (C=O) groups is 1. The third-order valence-electron chi connectivity index (χ3n) is 4.91. The van der Waals surface area contributed by atoms with Crippen LogP contribution in [0.5, 0.6) is 17.2 Å². The van der Waals surface area contributed by atoms with Crippen molar-refractivity contribution in [3.05, 3.63) is 53.6 Å². The number of piperazine rings is 1. The van der Waals surface area contributed by atoms with Crippen LogP contribution in [0.2, 0.25) is 0 Å². The Hall–Kier alpha value is -2.73. The van der Waals surface area contributed by atoms with E-state index in [0.29, 0.717) is 31.0 Å². The fourth-order valence-electron chi connectivity index (χ4n) is 3.39. The fraction of sp³-hybridized carbons (Fsp3) is 0.409. The molecule has 6 nitrogen and oxygen atoms in total. The summed E-state index contributed by atoms with van der Waals surface area (Å²) in [4.78, 5) is 17.0. The van der Waals surface area contributed by atoms with E-state index in [1.165, 1.54) is 5.56 Å². The molecule has 1 amide bonds. The minimum Gasteiger partial charge on any atom is -0.497 e. The number of nitrogens with zero attached hydrogens (tertiary/aromatic N) is 2. The molecule has 0 aromatic heterocycles. The Balaban J connectivity index is 1.58. The van der Waals surface area contributed by atoms with Gasteiger partial charge in [-0.1, -0.05) is 12.1 Å². The van der Waals surface area contributed by atoms with Gasteiger partial charge in [-0.05, 0) is 42.8 Å². The molecular formula is C22H28N2O4. The smallest absolute Gasteiger partial charge is 0.254 e. The maximum Gasteiger partial charge on any atom is 0.254 e. The highest BCUT2D eigenvalue weighted by Crippen LogP contribution is 2.28. The lowest BCUT2D eigenvalue weighted by molar-refractivity contribution is 0.0628. The molecular weight excluding hydrogens is 356 g/mol. The Labute approximate surface area is 166 Å². The summed E-state index contributed by atoms with van der Waals surface area (Å²) in [6.07, 6.45) is 0. The van der Waals surface area contributed by atoms with Gasteiger partial charge >= 0.3 is 0 Å². The molecule has 0 radical (unpaired) electrons. The van der Waals surface area contributed by atoms with E-state index < -0.39 is 0 Å². The summed E-state index contributed by atoms with van der Waals surface area (Å²) >= 11 is 0. The van der Waals surface area contributed by atoms with Crippen molar-refractivity contribution in [1.82, 2.24) is 9.80 Å². The van der Waals surface area contributed by atoms with Crippen LogP contribution in [0.15, 0.2) is 42.5 Å². The van der Waals surface area contributed by atoms with Gasteiger partial charge in [0.15, 0.2) is 11.5 Å². The number of rotatable bonds is 7. The van der Waals surface area contributed by atoms with Crippen molar-refractivity contribution in [2.45, 2.75) is 13.5 Å². The highest BCUT2D eigenvalue weighted by atomic mass is 16.5. The monoisotopic (exact) mass is 384 g/mol. The summed E-state index contributed by atoms with van der Waals surface area (Å²) in [5.41, 5.74) is 1.85. The van der Waals surface area contributed by atoms with Gasteiger partial charge < -0.3 is 19.1 Å². The topological polar surface area (TPSA) is 51.2 Å². The third-order valence-corrected chi connectivity index (χ3v) is 4.91. The summed E-state index contributed by atoms with van der Waals surface area (Å²) in [7, 11) is 3.26. The standard InChI is InChI=1S/C22H28N2O4/c1-4-28-21-14-17(8-9-20(21)27-3)16-23-10-12-24(13-11-23)22(25)18-6-5-7-19(15-18)26-2/h5-9,14-15H,4,10-13,16H2,1-3H3. The van der Waals surface area contributed by atoms with E-state index in [-0.39, 0.29) is 5.91 Å². The van der Waals surface area contributed by atoms with Crippen molar-refractivity contribution in [2.24, 2.45) is 0 Å². The Morgan fingerprint density at radius 2 is 1.75 bits per heavy atom. The first kappa shape index (κ1) is 20.0. The molecule has 0 N–H and O–H groups in total. The van der Waals surface area contributed by atoms with E-state index in [1.807, 2.05) is 42.2 Å². The number of carbonyl (C=O) groups excluding carboxylic acids is 1. The van der Waals surface area contributed by atoms with Crippen LogP contribution in [-0.2, 0) is 6.54 Å². The number of ether oxygens (including phenoxy) is 3. The van der Waals surface area contributed by atoms with Gasteiger partial charge in [0, 0.05) is 38.3 Å². The van der Waals surface area contributed by atoms with Gasteiger partial charge in [0.25, 0.3) is 5.91 Å². The van der Waals surface area contributed by atoms with E-state index >= 15 is 0 Å². The second-order valence-electron chi connectivity index (χ2n) is 6.72. The van der Waals surface area contributed by atoms with Gasteiger partial charge in [0.05, 0.1) is 20.8 Å². The molecule has 3 rings (SSSR count). The second-order valence-corrected chi connectivity index (χ2v) is 6.72. The van der Waals surface area contributed by atoms with Crippen LogP contribution < -0.4 is 14.2 Å². The molecule has 0 bridgehead atoms. The first-order valence-electron chi connectivity index (χ1n) is 9.60. The number of hydrogen-bond acceptors (Lipinski definition) is 5. The summed E-state index contributed by atoms with van der Waals surface area (Å²) in [6, 6.07) is 13.4. The molecule has 0 aliphatic carbocycles. The molecule has 2 aromatic carbocycles. The van der Waals surface area contributed by atoms with Crippen LogP contribution in [-0.4, -0.2) is 62.7 Å². The maximum atomic E-state index is 12.7. The third kappa shape index (κ3) is 4.75. The predicted molar refractivity (Wildman–Crippen MR) is 108 cm³/mol. The zero-order chi connectivity index (χ0) is 19.9. The molecule has 0 spiro atoms. The average Bonchev–Trinajstić information content (AvgIpc) is 2.74. The molecule has 28 heavy (non-hydrogen) atoms. The van der Waals surface area contributed by atoms with Crippen LogP contribution in [0.1, 0.15) is 22.8 Å². The lowest BCUT2D eigenvalue weighted by atomic mass is 10.1. The first-order valence-corrected chi connectivity index (χ1v) is 9.60. The Kier molecular flexibility index (Phi) is 6.76. The number of hydrogen-bond donors (Lipinski definition) is 0.